The van der Waals surface area contributed by atoms with E-state index in [1.54, 1.807) is 26.2 Å². The number of carboxylic acid groups (broad SMARTS) is 1. The fourth-order valence-corrected chi connectivity index (χ4v) is 2.55. The Hall–Kier alpha value is -0.660. The van der Waals surface area contributed by atoms with Crippen LogP contribution in [0.3, 0.4) is 0 Å². The average Bonchev–Trinajstić information content (AvgIpc) is 2.59. The molecule has 5 heteroatoms. The molecule has 0 aromatic heterocycles. The van der Waals surface area contributed by atoms with Crippen LogP contribution in [-0.2, 0) is 4.79 Å². The Balaban J connectivity index is 2.99. The second-order valence-electron chi connectivity index (χ2n) is 4.06. The maximum absolute atomic E-state index is 11.0. The number of allylic oxidation sites excluding steroid dienone is 2. The van der Waals surface area contributed by atoms with Gasteiger partial charge in [0.1, 0.15) is 6.07 Å². The van der Waals surface area contributed by atoms with Gasteiger partial charge in [-0.15, -0.1) is 23.4 Å². The largest absolute Gasteiger partial charge is 0.480 e. The van der Waals surface area contributed by atoms with E-state index >= 15 is 0 Å². The predicted octanol–water partition coefficient (Wildman–Crippen LogP) is 2.48. The minimum absolute atomic E-state index is 0.286. The maximum atomic E-state index is 11.0. The van der Waals surface area contributed by atoms with Crippen molar-refractivity contribution >= 4 is 29.3 Å². The van der Waals surface area contributed by atoms with E-state index < -0.39 is 16.3 Å². The van der Waals surface area contributed by atoms with E-state index in [0.717, 1.165) is 0 Å². The van der Waals surface area contributed by atoms with E-state index in [1.165, 1.54) is 11.8 Å². The summed E-state index contributed by atoms with van der Waals surface area (Å²) in [5.41, 5.74) is -0.502. The minimum Gasteiger partial charge on any atom is -0.480 e. The molecule has 0 radical (unpaired) electrons. The fourth-order valence-electron chi connectivity index (χ4n) is 1.78. The van der Waals surface area contributed by atoms with Crippen LogP contribution in [0.15, 0.2) is 11.0 Å². The number of hydrogen-bond acceptors (Lipinski definition) is 3. The Kier molecular flexibility index (Phi) is 3.09. The molecular formula is C10H12ClNO2S. The van der Waals surface area contributed by atoms with E-state index in [-0.39, 0.29) is 5.92 Å². The standard InChI is InChI=1S/C10H12ClNO2S/c1-9(2)7(4-6(5-12)15-3)10(9,11)8(13)14/h4,7H,1-3H3,(H,13,14)/b6-4+/t7?,10-/m0/s1. The third kappa shape index (κ3) is 1.64. The number of carboxylic acids is 1. The molecular weight excluding hydrogens is 234 g/mol. The predicted molar refractivity (Wildman–Crippen MR) is 60.7 cm³/mol. The van der Waals surface area contributed by atoms with Crippen LogP contribution in [0.1, 0.15) is 13.8 Å². The first-order valence-electron chi connectivity index (χ1n) is 4.40. The summed E-state index contributed by atoms with van der Waals surface area (Å²) in [6.45, 7) is 3.59. The number of rotatable bonds is 3. The van der Waals surface area contributed by atoms with Gasteiger partial charge in [0.2, 0.25) is 0 Å². The fraction of sp³-hybridized carbons (Fsp3) is 0.600. The van der Waals surface area contributed by atoms with Crippen molar-refractivity contribution in [2.75, 3.05) is 6.26 Å². The number of hydrogen-bond donors (Lipinski definition) is 1. The van der Waals surface area contributed by atoms with Gasteiger partial charge in [-0.2, -0.15) is 5.26 Å². The minimum atomic E-state index is -1.26. The van der Waals surface area contributed by atoms with Crippen molar-refractivity contribution in [1.82, 2.24) is 0 Å². The first kappa shape index (κ1) is 12.4. The molecule has 1 aliphatic rings. The normalized spacial score (nSPS) is 33.3. The Labute approximate surface area is 98.1 Å². The molecule has 1 saturated carbocycles. The van der Waals surface area contributed by atoms with Crippen molar-refractivity contribution in [3.05, 3.63) is 11.0 Å². The summed E-state index contributed by atoms with van der Waals surface area (Å²) in [5.74, 6) is -1.31. The molecule has 0 saturated heterocycles. The van der Waals surface area contributed by atoms with Gasteiger partial charge in [-0.05, 0) is 6.26 Å². The van der Waals surface area contributed by atoms with E-state index in [4.69, 9.17) is 22.0 Å². The molecule has 0 amide bonds. The smallest absolute Gasteiger partial charge is 0.325 e. The Morgan fingerprint density at radius 2 is 2.20 bits per heavy atom. The van der Waals surface area contributed by atoms with Crippen molar-refractivity contribution < 1.29 is 9.90 Å². The molecule has 1 N–H and O–H groups in total. The Morgan fingerprint density at radius 1 is 1.67 bits per heavy atom. The van der Waals surface area contributed by atoms with Gasteiger partial charge in [-0.3, -0.25) is 4.79 Å². The summed E-state index contributed by atoms with van der Waals surface area (Å²) in [6, 6.07) is 2.01. The summed E-state index contributed by atoms with van der Waals surface area (Å²) in [5, 5.41) is 17.8. The van der Waals surface area contributed by atoms with Crippen LogP contribution in [0.5, 0.6) is 0 Å². The zero-order chi connectivity index (χ0) is 11.9. The zero-order valence-corrected chi connectivity index (χ0v) is 10.3. The SMILES string of the molecule is CS/C(C#N)=C/C1C(C)(C)[C@@]1(Cl)C(=O)O. The number of nitrogens with zero attached hydrogens (tertiary/aromatic N) is 1. The van der Waals surface area contributed by atoms with Gasteiger partial charge in [0.25, 0.3) is 0 Å². The van der Waals surface area contributed by atoms with Crippen LogP contribution in [0.25, 0.3) is 0 Å². The van der Waals surface area contributed by atoms with Crippen LogP contribution in [0.4, 0.5) is 0 Å². The molecule has 1 aliphatic carbocycles. The van der Waals surface area contributed by atoms with Gasteiger partial charge in [0, 0.05) is 11.3 Å². The van der Waals surface area contributed by atoms with Crippen LogP contribution in [0.2, 0.25) is 0 Å². The highest BCUT2D eigenvalue weighted by atomic mass is 35.5. The molecule has 0 aliphatic heterocycles. The molecule has 0 aromatic carbocycles. The molecule has 15 heavy (non-hydrogen) atoms. The molecule has 0 heterocycles. The molecule has 2 atom stereocenters. The van der Waals surface area contributed by atoms with Gasteiger partial charge < -0.3 is 5.11 Å². The average molecular weight is 246 g/mol. The van der Waals surface area contributed by atoms with Gasteiger partial charge in [-0.25, -0.2) is 0 Å². The summed E-state index contributed by atoms with van der Waals surface area (Å²) in [7, 11) is 0. The zero-order valence-electron chi connectivity index (χ0n) is 8.74. The van der Waals surface area contributed by atoms with Crippen LogP contribution in [0, 0.1) is 22.7 Å². The Bertz CT molecular complexity index is 372. The molecule has 3 nitrogen and oxygen atoms in total. The maximum Gasteiger partial charge on any atom is 0.325 e. The second kappa shape index (κ2) is 3.73. The van der Waals surface area contributed by atoms with Crippen LogP contribution in [-0.4, -0.2) is 22.2 Å². The summed E-state index contributed by atoms with van der Waals surface area (Å²) in [6.07, 6.45) is 3.44. The van der Waals surface area contributed by atoms with E-state index in [0.29, 0.717) is 4.91 Å². The van der Waals surface area contributed by atoms with Gasteiger partial charge >= 0.3 is 5.97 Å². The molecule has 1 rings (SSSR count). The molecule has 1 fully saturated rings. The molecule has 0 spiro atoms. The molecule has 82 valence electrons. The number of alkyl halides is 1. The highest BCUT2D eigenvalue weighted by Gasteiger charge is 2.74. The highest BCUT2D eigenvalue weighted by molar-refractivity contribution is 8.02. The van der Waals surface area contributed by atoms with Crippen molar-refractivity contribution in [1.29, 1.82) is 5.26 Å². The lowest BCUT2D eigenvalue weighted by atomic mass is 10.1. The summed E-state index contributed by atoms with van der Waals surface area (Å²) in [4.78, 5) is 10.3. The lowest BCUT2D eigenvalue weighted by Gasteiger charge is -2.03. The molecule has 0 aromatic rings. The van der Waals surface area contributed by atoms with E-state index in [1.807, 2.05) is 6.07 Å². The van der Waals surface area contributed by atoms with E-state index in [9.17, 15) is 4.79 Å². The number of nitriles is 1. The number of thioether (sulfide) groups is 1. The first-order valence-corrected chi connectivity index (χ1v) is 6.00. The van der Waals surface area contributed by atoms with Crippen LogP contribution < -0.4 is 0 Å². The monoisotopic (exact) mass is 245 g/mol. The van der Waals surface area contributed by atoms with E-state index in [2.05, 4.69) is 0 Å². The second-order valence-corrected chi connectivity index (χ2v) is 5.51. The quantitative estimate of drug-likeness (QED) is 0.613. The van der Waals surface area contributed by atoms with Crippen molar-refractivity contribution in [2.45, 2.75) is 18.7 Å². The lowest BCUT2D eigenvalue weighted by molar-refractivity contribution is -0.138. The molecule has 1 unspecified atom stereocenters. The highest BCUT2D eigenvalue weighted by Crippen LogP contribution is 2.67. The first-order chi connectivity index (χ1) is 6.82. The summed E-state index contributed by atoms with van der Waals surface area (Å²) >= 11 is 7.33. The topological polar surface area (TPSA) is 61.1 Å². The van der Waals surface area contributed by atoms with Crippen molar-refractivity contribution in [3.8, 4) is 6.07 Å². The number of carbonyl (C=O) groups is 1. The van der Waals surface area contributed by atoms with Gasteiger partial charge in [0.05, 0.1) is 4.91 Å². The third-order valence-corrected chi connectivity index (χ3v) is 4.57. The third-order valence-electron chi connectivity index (χ3n) is 3.02. The number of aliphatic carboxylic acids is 1. The van der Waals surface area contributed by atoms with Crippen molar-refractivity contribution in [2.24, 2.45) is 11.3 Å². The Morgan fingerprint density at radius 3 is 2.47 bits per heavy atom. The summed E-state index contributed by atoms with van der Waals surface area (Å²) < 4.78 is 0. The number of halogens is 1. The van der Waals surface area contributed by atoms with Gasteiger partial charge in [0.15, 0.2) is 4.87 Å². The van der Waals surface area contributed by atoms with Gasteiger partial charge in [-0.1, -0.05) is 19.9 Å². The molecule has 0 bridgehead atoms. The van der Waals surface area contributed by atoms with Crippen LogP contribution >= 0.6 is 23.4 Å². The lowest BCUT2D eigenvalue weighted by Crippen LogP contribution is -2.21. The van der Waals surface area contributed by atoms with Crippen molar-refractivity contribution in [3.63, 3.8) is 0 Å².